The topological polar surface area (TPSA) is 68.0 Å². The van der Waals surface area contributed by atoms with E-state index in [4.69, 9.17) is 5.11 Å². The van der Waals surface area contributed by atoms with Crippen molar-refractivity contribution in [2.45, 2.75) is 12.8 Å². The molecule has 2 aromatic heterocycles. The number of nitrogens with zero attached hydrogens (tertiary/aromatic N) is 3. The van der Waals surface area contributed by atoms with E-state index in [-0.39, 0.29) is 6.42 Å². The van der Waals surface area contributed by atoms with Crippen LogP contribution in [0.4, 0.5) is 0 Å². The standard InChI is InChI=1S/C12H12BrN3O2/c1-16-11(13)8(5-6-10(17)18)15-12(16)9-4-2-3-7-14-9/h2-4,7H,5-6H2,1H3,(H,17,18). The van der Waals surface area contributed by atoms with Crippen molar-refractivity contribution in [1.82, 2.24) is 14.5 Å². The second-order valence-electron chi connectivity index (χ2n) is 3.84. The molecular formula is C12H12BrN3O2. The summed E-state index contributed by atoms with van der Waals surface area (Å²) in [6.45, 7) is 0. The third kappa shape index (κ3) is 2.59. The van der Waals surface area contributed by atoms with Crippen molar-refractivity contribution in [2.24, 2.45) is 7.05 Å². The molecule has 1 N–H and O–H groups in total. The molecule has 0 saturated heterocycles. The van der Waals surface area contributed by atoms with Gasteiger partial charge in [-0.25, -0.2) is 4.98 Å². The molecule has 0 radical (unpaired) electrons. The van der Waals surface area contributed by atoms with Gasteiger partial charge in [-0.05, 0) is 28.1 Å². The molecule has 0 spiro atoms. The number of aliphatic carboxylic acids is 1. The molecule has 0 saturated carbocycles. The number of hydrogen-bond donors (Lipinski definition) is 1. The minimum Gasteiger partial charge on any atom is -0.481 e. The quantitative estimate of drug-likeness (QED) is 0.940. The van der Waals surface area contributed by atoms with Gasteiger partial charge in [0.1, 0.15) is 10.3 Å². The van der Waals surface area contributed by atoms with Gasteiger partial charge in [0.05, 0.1) is 12.1 Å². The molecule has 2 aromatic rings. The smallest absolute Gasteiger partial charge is 0.303 e. The predicted molar refractivity (Wildman–Crippen MR) is 70.1 cm³/mol. The third-order valence-electron chi connectivity index (χ3n) is 2.56. The zero-order chi connectivity index (χ0) is 13.1. The van der Waals surface area contributed by atoms with Crippen LogP contribution in [0, 0.1) is 0 Å². The van der Waals surface area contributed by atoms with Crippen LogP contribution in [0.5, 0.6) is 0 Å². The summed E-state index contributed by atoms with van der Waals surface area (Å²) in [5, 5.41) is 8.70. The second-order valence-corrected chi connectivity index (χ2v) is 4.59. The Hall–Kier alpha value is -1.69. The van der Waals surface area contributed by atoms with Crippen molar-refractivity contribution in [3.63, 3.8) is 0 Å². The Kier molecular flexibility index (Phi) is 3.76. The SMILES string of the molecule is Cn1c(-c2ccccn2)nc(CCC(=O)O)c1Br. The summed E-state index contributed by atoms with van der Waals surface area (Å²) in [5.74, 6) is -0.102. The minimum absolute atomic E-state index is 0.0667. The van der Waals surface area contributed by atoms with Crippen LogP contribution < -0.4 is 0 Å². The first-order valence-corrected chi connectivity index (χ1v) is 6.23. The van der Waals surface area contributed by atoms with Gasteiger partial charge in [0.2, 0.25) is 0 Å². The predicted octanol–water partition coefficient (Wildman–Crippen LogP) is 2.26. The maximum Gasteiger partial charge on any atom is 0.303 e. The van der Waals surface area contributed by atoms with E-state index in [0.717, 1.165) is 21.8 Å². The maximum absolute atomic E-state index is 10.6. The highest BCUT2D eigenvalue weighted by Crippen LogP contribution is 2.24. The van der Waals surface area contributed by atoms with Crippen LogP contribution in [-0.2, 0) is 18.3 Å². The summed E-state index contributed by atoms with van der Waals surface area (Å²) in [6.07, 6.45) is 2.17. The number of hydrogen-bond acceptors (Lipinski definition) is 3. The van der Waals surface area contributed by atoms with E-state index < -0.39 is 5.97 Å². The lowest BCUT2D eigenvalue weighted by Gasteiger charge is -2.00. The molecule has 2 heterocycles. The molecule has 0 unspecified atom stereocenters. The molecule has 0 aliphatic heterocycles. The zero-order valence-corrected chi connectivity index (χ0v) is 11.4. The Balaban J connectivity index is 2.33. The summed E-state index contributed by atoms with van der Waals surface area (Å²) in [5.41, 5.74) is 1.50. The van der Waals surface area contributed by atoms with Gasteiger partial charge in [-0.1, -0.05) is 6.07 Å². The monoisotopic (exact) mass is 309 g/mol. The van der Waals surface area contributed by atoms with E-state index in [1.165, 1.54) is 0 Å². The van der Waals surface area contributed by atoms with Gasteiger partial charge < -0.3 is 9.67 Å². The molecule has 0 bridgehead atoms. The van der Waals surface area contributed by atoms with Gasteiger partial charge in [0, 0.05) is 19.7 Å². The first-order chi connectivity index (χ1) is 8.59. The fraction of sp³-hybridized carbons (Fsp3) is 0.250. The van der Waals surface area contributed by atoms with Gasteiger partial charge in [-0.3, -0.25) is 9.78 Å². The fourth-order valence-corrected chi connectivity index (χ4v) is 2.10. The van der Waals surface area contributed by atoms with Crippen LogP contribution >= 0.6 is 15.9 Å². The molecule has 0 aliphatic carbocycles. The van der Waals surface area contributed by atoms with Crippen molar-refractivity contribution in [2.75, 3.05) is 0 Å². The number of imidazole rings is 1. The van der Waals surface area contributed by atoms with E-state index in [1.54, 1.807) is 6.20 Å². The number of aryl methyl sites for hydroxylation is 1. The molecule has 94 valence electrons. The van der Waals surface area contributed by atoms with Crippen molar-refractivity contribution in [3.05, 3.63) is 34.7 Å². The molecule has 18 heavy (non-hydrogen) atoms. The lowest BCUT2D eigenvalue weighted by Crippen LogP contribution is -1.98. The van der Waals surface area contributed by atoms with Crippen molar-refractivity contribution < 1.29 is 9.90 Å². The zero-order valence-electron chi connectivity index (χ0n) is 9.80. The molecule has 0 amide bonds. The Morgan fingerprint density at radius 2 is 2.28 bits per heavy atom. The van der Waals surface area contributed by atoms with Gasteiger partial charge in [0.15, 0.2) is 5.82 Å². The molecule has 0 aromatic carbocycles. The number of carboxylic acid groups (broad SMARTS) is 1. The van der Waals surface area contributed by atoms with Crippen molar-refractivity contribution in [1.29, 1.82) is 0 Å². The summed E-state index contributed by atoms with van der Waals surface area (Å²) < 4.78 is 2.66. The van der Waals surface area contributed by atoms with Gasteiger partial charge in [-0.15, -0.1) is 0 Å². The van der Waals surface area contributed by atoms with Crippen LogP contribution in [0.3, 0.4) is 0 Å². The highest BCUT2D eigenvalue weighted by atomic mass is 79.9. The van der Waals surface area contributed by atoms with Gasteiger partial charge in [-0.2, -0.15) is 0 Å². The Labute approximate surface area is 113 Å². The summed E-state index contributed by atoms with van der Waals surface area (Å²) in [6, 6.07) is 5.60. The summed E-state index contributed by atoms with van der Waals surface area (Å²) in [4.78, 5) is 19.3. The molecule has 6 heteroatoms. The van der Waals surface area contributed by atoms with E-state index in [0.29, 0.717) is 6.42 Å². The molecule has 0 atom stereocenters. The lowest BCUT2D eigenvalue weighted by molar-refractivity contribution is -0.136. The minimum atomic E-state index is -0.827. The average Bonchev–Trinajstić information content (AvgIpc) is 2.65. The van der Waals surface area contributed by atoms with Crippen molar-refractivity contribution in [3.8, 4) is 11.5 Å². The average molecular weight is 310 g/mol. The van der Waals surface area contributed by atoms with E-state index >= 15 is 0 Å². The Bertz CT molecular complexity index is 566. The largest absolute Gasteiger partial charge is 0.481 e. The van der Waals surface area contributed by atoms with Gasteiger partial charge in [0.25, 0.3) is 0 Å². The van der Waals surface area contributed by atoms with Crippen LogP contribution in [0.15, 0.2) is 29.0 Å². The van der Waals surface area contributed by atoms with Crippen LogP contribution in [-0.4, -0.2) is 25.6 Å². The van der Waals surface area contributed by atoms with Crippen LogP contribution in [0.1, 0.15) is 12.1 Å². The molecule has 0 fully saturated rings. The van der Waals surface area contributed by atoms with E-state index in [1.807, 2.05) is 29.8 Å². The first kappa shape index (κ1) is 12.8. The van der Waals surface area contributed by atoms with E-state index in [9.17, 15) is 4.79 Å². The van der Waals surface area contributed by atoms with Gasteiger partial charge >= 0.3 is 5.97 Å². The number of rotatable bonds is 4. The lowest BCUT2D eigenvalue weighted by atomic mass is 10.2. The summed E-state index contributed by atoms with van der Waals surface area (Å²) in [7, 11) is 1.87. The molecular weight excluding hydrogens is 298 g/mol. The van der Waals surface area contributed by atoms with Crippen molar-refractivity contribution >= 4 is 21.9 Å². The highest BCUT2D eigenvalue weighted by Gasteiger charge is 2.15. The second kappa shape index (κ2) is 5.30. The number of pyridine rings is 1. The number of aromatic nitrogens is 3. The molecule has 2 rings (SSSR count). The maximum atomic E-state index is 10.6. The molecule has 0 aliphatic rings. The number of carboxylic acids is 1. The number of halogens is 1. The highest BCUT2D eigenvalue weighted by molar-refractivity contribution is 9.10. The van der Waals surface area contributed by atoms with Crippen LogP contribution in [0.2, 0.25) is 0 Å². The number of carbonyl (C=O) groups is 1. The Morgan fingerprint density at radius 1 is 1.50 bits per heavy atom. The third-order valence-corrected chi connectivity index (χ3v) is 3.55. The van der Waals surface area contributed by atoms with Crippen LogP contribution in [0.25, 0.3) is 11.5 Å². The fourth-order valence-electron chi connectivity index (χ4n) is 1.64. The molecule has 5 nitrogen and oxygen atoms in total. The Morgan fingerprint density at radius 3 is 2.89 bits per heavy atom. The first-order valence-electron chi connectivity index (χ1n) is 5.44. The normalized spacial score (nSPS) is 10.6. The summed E-state index contributed by atoms with van der Waals surface area (Å²) >= 11 is 3.43. The van der Waals surface area contributed by atoms with E-state index in [2.05, 4.69) is 25.9 Å².